The van der Waals surface area contributed by atoms with E-state index in [0.717, 1.165) is 60.5 Å². The van der Waals surface area contributed by atoms with Crippen LogP contribution < -0.4 is 5.32 Å². The Balaban J connectivity index is 1.37. The van der Waals surface area contributed by atoms with Gasteiger partial charge in [0, 0.05) is 49.0 Å². The van der Waals surface area contributed by atoms with E-state index >= 15 is 0 Å². The minimum atomic E-state index is -0.224. The van der Waals surface area contributed by atoms with Crippen molar-refractivity contribution in [3.63, 3.8) is 0 Å². The fourth-order valence-electron chi connectivity index (χ4n) is 5.32. The van der Waals surface area contributed by atoms with Crippen LogP contribution in [-0.4, -0.2) is 29.5 Å². The van der Waals surface area contributed by atoms with E-state index in [4.69, 9.17) is 0 Å². The van der Waals surface area contributed by atoms with Crippen molar-refractivity contribution >= 4 is 22.0 Å². The first-order chi connectivity index (χ1) is 18.6. The molecule has 2 N–H and O–H groups in total. The van der Waals surface area contributed by atoms with Gasteiger partial charge in [0.2, 0.25) is 0 Å². The molecule has 4 heteroatoms. The molecule has 1 aliphatic heterocycles. The fraction of sp³-hybridized carbons (Fsp3) is 0.235. The van der Waals surface area contributed by atoms with Crippen molar-refractivity contribution in [2.75, 3.05) is 19.6 Å². The maximum Gasteiger partial charge on any atom is 0.148 e. The molecule has 0 atom stereocenters. The number of aromatic nitrogens is 1. The van der Waals surface area contributed by atoms with Crippen LogP contribution in [0.5, 0.6) is 0 Å². The van der Waals surface area contributed by atoms with Gasteiger partial charge in [-0.25, -0.2) is 4.39 Å². The molecule has 1 aliphatic rings. The zero-order valence-corrected chi connectivity index (χ0v) is 22.1. The van der Waals surface area contributed by atoms with Crippen molar-refractivity contribution in [1.82, 2.24) is 15.2 Å². The molecule has 38 heavy (non-hydrogen) atoms. The number of nitrogens with one attached hydrogen (secondary N) is 2. The molecule has 0 unspecified atom stereocenters. The summed E-state index contributed by atoms with van der Waals surface area (Å²) in [5, 5.41) is 4.12. The zero-order chi connectivity index (χ0) is 26.3. The van der Waals surface area contributed by atoms with E-state index in [1.54, 1.807) is 0 Å². The molecule has 0 spiro atoms. The molecule has 1 saturated heterocycles. The van der Waals surface area contributed by atoms with E-state index in [2.05, 4.69) is 95.5 Å². The quantitative estimate of drug-likeness (QED) is 0.130. The smallest absolute Gasteiger partial charge is 0.148 e. The number of halogens is 1. The van der Waals surface area contributed by atoms with Crippen molar-refractivity contribution in [2.24, 2.45) is 0 Å². The number of hydrogen-bond donors (Lipinski definition) is 2. The molecule has 3 nitrogen and oxygen atoms in total. The number of benzene rings is 3. The Hall–Kier alpha value is -3.89. The van der Waals surface area contributed by atoms with E-state index in [1.807, 2.05) is 18.2 Å². The van der Waals surface area contributed by atoms with E-state index in [9.17, 15) is 4.39 Å². The first-order valence-corrected chi connectivity index (χ1v) is 13.6. The third-order valence-electron chi connectivity index (χ3n) is 7.35. The third-order valence-corrected chi connectivity index (χ3v) is 7.35. The number of fused-ring (bicyclic) bond motifs is 1. The summed E-state index contributed by atoms with van der Waals surface area (Å²) in [6.07, 6.45) is 9.10. The highest BCUT2D eigenvalue weighted by Gasteiger charge is 2.15. The van der Waals surface area contributed by atoms with E-state index in [1.165, 1.54) is 35.7 Å². The molecule has 2 heterocycles. The summed E-state index contributed by atoms with van der Waals surface area (Å²) in [7, 11) is 0. The van der Waals surface area contributed by atoms with Crippen LogP contribution in [0, 0.1) is 5.82 Å². The molecule has 0 bridgehead atoms. The molecule has 0 radical (unpaired) electrons. The Morgan fingerprint density at radius 3 is 2.45 bits per heavy atom. The minimum Gasteiger partial charge on any atom is -0.372 e. The van der Waals surface area contributed by atoms with Crippen molar-refractivity contribution in [3.05, 3.63) is 131 Å². The largest absolute Gasteiger partial charge is 0.372 e. The molecule has 0 saturated carbocycles. The average molecular weight is 506 g/mol. The van der Waals surface area contributed by atoms with Gasteiger partial charge in [0.05, 0.1) is 0 Å². The lowest BCUT2D eigenvalue weighted by molar-refractivity contribution is 0.442. The molecule has 3 aromatic carbocycles. The van der Waals surface area contributed by atoms with Crippen LogP contribution in [0.25, 0.3) is 22.0 Å². The van der Waals surface area contributed by atoms with Crippen molar-refractivity contribution < 1.29 is 4.39 Å². The molecule has 5 rings (SSSR count). The highest BCUT2D eigenvalue weighted by atomic mass is 19.1. The minimum absolute atomic E-state index is 0.224. The van der Waals surface area contributed by atoms with E-state index in [0.29, 0.717) is 5.39 Å². The van der Waals surface area contributed by atoms with Crippen LogP contribution in [0.3, 0.4) is 0 Å². The second kappa shape index (κ2) is 12.1. The van der Waals surface area contributed by atoms with Gasteiger partial charge < -0.3 is 15.2 Å². The third kappa shape index (κ3) is 5.81. The summed E-state index contributed by atoms with van der Waals surface area (Å²) in [5.74, 6) is -0.224. The molecule has 4 aromatic rings. The number of hydrogen-bond acceptors (Lipinski definition) is 2. The summed E-state index contributed by atoms with van der Waals surface area (Å²) in [5.41, 5.74) is 8.87. The normalized spacial score (nSPS) is 14.4. The van der Waals surface area contributed by atoms with Crippen LogP contribution in [-0.2, 0) is 6.54 Å². The maximum absolute atomic E-state index is 14.5. The van der Waals surface area contributed by atoms with Crippen LogP contribution in [0.4, 0.5) is 4.39 Å². The molecule has 1 aromatic heterocycles. The van der Waals surface area contributed by atoms with Crippen LogP contribution in [0.1, 0.15) is 48.4 Å². The first kappa shape index (κ1) is 25.7. The second-order valence-electron chi connectivity index (χ2n) is 9.89. The van der Waals surface area contributed by atoms with Crippen LogP contribution >= 0.6 is 0 Å². The average Bonchev–Trinajstić information content (AvgIpc) is 3.63. The summed E-state index contributed by atoms with van der Waals surface area (Å²) in [6.45, 7) is 10.2. The standard InChI is InChI=1S/C34H36FN3/c1-3-30(27-11-5-4-6-12-27)34(29-17-18-33-31(22-29)32(35)24-37-33)28-15-13-26(14-16-28)23-36-19-9-10-25(2)38-20-7-8-21-38/h4-6,9-18,22,24,36-37H,2-3,7-8,19-21,23H2,1H3/b10-9+,34-30+. The van der Waals surface area contributed by atoms with Crippen LogP contribution in [0.2, 0.25) is 0 Å². The molecule has 0 amide bonds. The molecular weight excluding hydrogens is 469 g/mol. The SMILES string of the molecule is C=C(/C=C/CNCc1ccc(/C(=C(/CC)c2ccccc2)c2ccc3[nH]cc(F)c3c2)cc1)N1CCCC1. The Morgan fingerprint density at radius 1 is 0.974 bits per heavy atom. The Bertz CT molecular complexity index is 1440. The summed E-state index contributed by atoms with van der Waals surface area (Å²) in [4.78, 5) is 5.36. The number of rotatable bonds is 10. The van der Waals surface area contributed by atoms with E-state index < -0.39 is 0 Å². The fourth-order valence-corrected chi connectivity index (χ4v) is 5.32. The molecule has 194 valence electrons. The lowest BCUT2D eigenvalue weighted by atomic mass is 9.87. The number of allylic oxidation sites excluding steroid dienone is 2. The van der Waals surface area contributed by atoms with Gasteiger partial charge in [-0.05, 0) is 70.9 Å². The number of nitrogens with zero attached hydrogens (tertiary/aromatic N) is 1. The van der Waals surface area contributed by atoms with Gasteiger partial charge in [-0.15, -0.1) is 0 Å². The zero-order valence-electron chi connectivity index (χ0n) is 22.1. The summed E-state index contributed by atoms with van der Waals surface area (Å²) >= 11 is 0. The van der Waals surface area contributed by atoms with Crippen molar-refractivity contribution in [2.45, 2.75) is 32.7 Å². The molecule has 1 fully saturated rings. The number of aromatic amines is 1. The van der Waals surface area contributed by atoms with Gasteiger partial charge in [-0.2, -0.15) is 0 Å². The van der Waals surface area contributed by atoms with Crippen molar-refractivity contribution in [1.29, 1.82) is 0 Å². The van der Waals surface area contributed by atoms with Crippen molar-refractivity contribution in [3.8, 4) is 0 Å². The lowest BCUT2D eigenvalue weighted by Crippen LogP contribution is -2.17. The predicted molar refractivity (Wildman–Crippen MR) is 158 cm³/mol. The van der Waals surface area contributed by atoms with Gasteiger partial charge in [0.1, 0.15) is 5.82 Å². The Labute approximate surface area is 225 Å². The number of H-pyrrole nitrogens is 1. The van der Waals surface area contributed by atoms with Gasteiger partial charge in [0.15, 0.2) is 0 Å². The second-order valence-corrected chi connectivity index (χ2v) is 9.89. The van der Waals surface area contributed by atoms with Gasteiger partial charge in [-0.3, -0.25) is 0 Å². The summed E-state index contributed by atoms with van der Waals surface area (Å²) < 4.78 is 14.5. The molecule has 0 aliphatic carbocycles. The summed E-state index contributed by atoms with van der Waals surface area (Å²) in [6, 6.07) is 25.2. The topological polar surface area (TPSA) is 31.1 Å². The highest BCUT2D eigenvalue weighted by molar-refractivity contribution is 6.00. The predicted octanol–water partition coefficient (Wildman–Crippen LogP) is 7.93. The maximum atomic E-state index is 14.5. The van der Waals surface area contributed by atoms with Gasteiger partial charge in [0.25, 0.3) is 0 Å². The lowest BCUT2D eigenvalue weighted by Gasteiger charge is -2.17. The first-order valence-electron chi connectivity index (χ1n) is 13.6. The Morgan fingerprint density at radius 2 is 1.71 bits per heavy atom. The van der Waals surface area contributed by atoms with Gasteiger partial charge >= 0.3 is 0 Å². The Kier molecular flexibility index (Phi) is 8.20. The highest BCUT2D eigenvalue weighted by Crippen LogP contribution is 2.36. The van der Waals surface area contributed by atoms with Gasteiger partial charge in [-0.1, -0.05) is 80.2 Å². The van der Waals surface area contributed by atoms with Crippen LogP contribution in [0.15, 0.2) is 103 Å². The molecular formula is C34H36FN3. The monoisotopic (exact) mass is 505 g/mol. The number of likely N-dealkylation sites (tertiary alicyclic amines) is 1. The van der Waals surface area contributed by atoms with E-state index in [-0.39, 0.29) is 5.82 Å².